The van der Waals surface area contributed by atoms with Gasteiger partial charge in [-0.05, 0) is 38.1 Å². The maximum absolute atomic E-state index is 13.0. The molecule has 0 bridgehead atoms. The molecule has 1 N–H and O–H groups in total. The third-order valence-electron chi connectivity index (χ3n) is 3.45. The molecule has 0 fully saturated rings. The molecular formula is C18H19ClFNO4. The fourth-order valence-electron chi connectivity index (χ4n) is 2.07. The van der Waals surface area contributed by atoms with Crippen molar-refractivity contribution in [3.05, 3.63) is 47.2 Å². The lowest BCUT2D eigenvalue weighted by molar-refractivity contribution is -0.128. The molecule has 2 aromatic rings. The molecule has 0 aromatic heterocycles. The molecule has 0 saturated carbocycles. The van der Waals surface area contributed by atoms with Crippen molar-refractivity contribution in [2.24, 2.45) is 0 Å². The number of amides is 1. The van der Waals surface area contributed by atoms with E-state index in [1.165, 1.54) is 38.5 Å². The van der Waals surface area contributed by atoms with Gasteiger partial charge in [0.25, 0.3) is 5.91 Å². The second-order valence-corrected chi connectivity index (χ2v) is 6.11. The summed E-state index contributed by atoms with van der Waals surface area (Å²) in [6.45, 7) is 3.20. The van der Waals surface area contributed by atoms with Gasteiger partial charge < -0.3 is 19.5 Å². The van der Waals surface area contributed by atoms with Crippen LogP contribution < -0.4 is 19.5 Å². The van der Waals surface area contributed by atoms with Crippen molar-refractivity contribution < 1.29 is 23.4 Å². The fourth-order valence-corrected chi connectivity index (χ4v) is 2.27. The summed E-state index contributed by atoms with van der Waals surface area (Å²) in [6, 6.07) is 8.53. The smallest absolute Gasteiger partial charge is 0.268 e. The van der Waals surface area contributed by atoms with Crippen molar-refractivity contribution in [1.29, 1.82) is 0 Å². The van der Waals surface area contributed by atoms with Crippen LogP contribution in [0.4, 0.5) is 10.1 Å². The Bertz CT molecular complexity index is 762. The Labute approximate surface area is 150 Å². The number of hydrogen-bond acceptors (Lipinski definition) is 4. The highest BCUT2D eigenvalue weighted by atomic mass is 35.5. The Morgan fingerprint density at radius 2 is 1.64 bits per heavy atom. The van der Waals surface area contributed by atoms with Crippen LogP contribution in [0.25, 0.3) is 0 Å². The SMILES string of the molecule is COc1cc(Cl)c(NC(=O)C(C)(C)Oc2ccc(F)cc2)cc1OC. The number of anilines is 1. The first-order valence-electron chi connectivity index (χ1n) is 7.44. The zero-order valence-electron chi connectivity index (χ0n) is 14.4. The Hall–Kier alpha value is -2.47. The Morgan fingerprint density at radius 1 is 1.08 bits per heavy atom. The van der Waals surface area contributed by atoms with Crippen molar-refractivity contribution >= 4 is 23.2 Å². The molecule has 7 heteroatoms. The van der Waals surface area contributed by atoms with Crippen molar-refractivity contribution in [3.63, 3.8) is 0 Å². The number of nitrogens with one attached hydrogen (secondary N) is 1. The van der Waals surface area contributed by atoms with Gasteiger partial charge in [0.1, 0.15) is 11.6 Å². The van der Waals surface area contributed by atoms with E-state index in [4.69, 9.17) is 25.8 Å². The van der Waals surface area contributed by atoms with E-state index in [1.54, 1.807) is 26.0 Å². The van der Waals surface area contributed by atoms with E-state index in [2.05, 4.69) is 5.32 Å². The highest BCUT2D eigenvalue weighted by Crippen LogP contribution is 2.36. The predicted octanol–water partition coefficient (Wildman–Crippen LogP) is 4.29. The third kappa shape index (κ3) is 4.54. The molecule has 134 valence electrons. The molecule has 0 unspecified atom stereocenters. The third-order valence-corrected chi connectivity index (χ3v) is 3.77. The van der Waals surface area contributed by atoms with Crippen LogP contribution in [0.2, 0.25) is 5.02 Å². The molecule has 0 heterocycles. The van der Waals surface area contributed by atoms with E-state index < -0.39 is 11.5 Å². The zero-order chi connectivity index (χ0) is 18.6. The van der Waals surface area contributed by atoms with Crippen LogP contribution in [0.5, 0.6) is 17.2 Å². The molecule has 1 amide bonds. The summed E-state index contributed by atoms with van der Waals surface area (Å²) < 4.78 is 29.0. The zero-order valence-corrected chi connectivity index (χ0v) is 15.1. The Morgan fingerprint density at radius 3 is 2.20 bits per heavy atom. The molecule has 0 atom stereocenters. The van der Waals surface area contributed by atoms with E-state index in [0.29, 0.717) is 28.0 Å². The van der Waals surface area contributed by atoms with Crippen LogP contribution >= 0.6 is 11.6 Å². The van der Waals surface area contributed by atoms with Gasteiger partial charge in [0.15, 0.2) is 17.1 Å². The second-order valence-electron chi connectivity index (χ2n) is 5.71. The van der Waals surface area contributed by atoms with Crippen LogP contribution in [0.1, 0.15) is 13.8 Å². The van der Waals surface area contributed by atoms with Crippen molar-refractivity contribution in [3.8, 4) is 17.2 Å². The van der Waals surface area contributed by atoms with E-state index in [0.717, 1.165) is 0 Å². The number of rotatable bonds is 6. The van der Waals surface area contributed by atoms with Crippen molar-refractivity contribution in [2.75, 3.05) is 19.5 Å². The summed E-state index contributed by atoms with van der Waals surface area (Å²) in [5, 5.41) is 3.00. The minimum Gasteiger partial charge on any atom is -0.493 e. The molecule has 2 aromatic carbocycles. The molecule has 0 aliphatic carbocycles. The van der Waals surface area contributed by atoms with Crippen LogP contribution in [0.3, 0.4) is 0 Å². The summed E-state index contributed by atoms with van der Waals surface area (Å²) in [6.07, 6.45) is 0. The summed E-state index contributed by atoms with van der Waals surface area (Å²) in [7, 11) is 2.98. The summed E-state index contributed by atoms with van der Waals surface area (Å²) in [4.78, 5) is 12.6. The van der Waals surface area contributed by atoms with Gasteiger partial charge in [0.2, 0.25) is 0 Å². The van der Waals surface area contributed by atoms with E-state index in [9.17, 15) is 9.18 Å². The quantitative estimate of drug-likeness (QED) is 0.827. The first-order chi connectivity index (χ1) is 11.8. The maximum Gasteiger partial charge on any atom is 0.268 e. The highest BCUT2D eigenvalue weighted by molar-refractivity contribution is 6.34. The molecule has 25 heavy (non-hydrogen) atoms. The molecule has 2 rings (SSSR count). The van der Waals surface area contributed by atoms with Gasteiger partial charge in [-0.3, -0.25) is 4.79 Å². The standard InChI is InChI=1S/C18H19ClFNO4/c1-18(2,25-12-7-5-11(20)6-8-12)17(22)21-14-10-16(24-4)15(23-3)9-13(14)19/h5-10H,1-4H3,(H,21,22). The summed E-state index contributed by atoms with van der Waals surface area (Å²) >= 11 is 6.18. The number of ether oxygens (including phenoxy) is 3. The Balaban J connectivity index is 2.18. The Kier molecular flexibility index (Phi) is 5.74. The monoisotopic (exact) mass is 367 g/mol. The second kappa shape index (κ2) is 7.61. The van der Waals surface area contributed by atoms with Crippen molar-refractivity contribution in [1.82, 2.24) is 0 Å². The number of halogens is 2. The van der Waals surface area contributed by atoms with Gasteiger partial charge in [-0.25, -0.2) is 4.39 Å². The molecule has 0 radical (unpaired) electrons. The largest absolute Gasteiger partial charge is 0.493 e. The number of carbonyl (C=O) groups is 1. The lowest BCUT2D eigenvalue weighted by atomic mass is 10.1. The normalized spacial score (nSPS) is 11.0. The van der Waals surface area contributed by atoms with Gasteiger partial charge in [-0.15, -0.1) is 0 Å². The number of hydrogen-bond donors (Lipinski definition) is 1. The average molecular weight is 368 g/mol. The molecule has 0 aliphatic heterocycles. The minimum absolute atomic E-state index is 0.295. The molecule has 0 aliphatic rings. The molecule has 5 nitrogen and oxygen atoms in total. The predicted molar refractivity (Wildman–Crippen MR) is 94.3 cm³/mol. The van der Waals surface area contributed by atoms with E-state index in [1.807, 2.05) is 0 Å². The number of methoxy groups -OCH3 is 2. The van der Waals surface area contributed by atoms with Gasteiger partial charge in [0, 0.05) is 12.1 Å². The number of carbonyl (C=O) groups excluding carboxylic acids is 1. The van der Waals surface area contributed by atoms with Crippen LogP contribution in [-0.4, -0.2) is 25.7 Å². The van der Waals surface area contributed by atoms with Crippen LogP contribution in [0.15, 0.2) is 36.4 Å². The van der Waals surface area contributed by atoms with Gasteiger partial charge in [-0.1, -0.05) is 11.6 Å². The minimum atomic E-state index is -1.21. The summed E-state index contributed by atoms with van der Waals surface area (Å²) in [5.74, 6) is 0.449. The van der Waals surface area contributed by atoms with Crippen LogP contribution in [-0.2, 0) is 4.79 Å². The fraction of sp³-hybridized carbons (Fsp3) is 0.278. The van der Waals surface area contributed by atoms with Gasteiger partial charge >= 0.3 is 0 Å². The number of benzene rings is 2. The topological polar surface area (TPSA) is 56.8 Å². The first-order valence-corrected chi connectivity index (χ1v) is 7.82. The van der Waals surface area contributed by atoms with E-state index in [-0.39, 0.29) is 5.82 Å². The molecule has 0 saturated heterocycles. The summed E-state index contributed by atoms with van der Waals surface area (Å²) in [5.41, 5.74) is -0.853. The van der Waals surface area contributed by atoms with E-state index >= 15 is 0 Å². The lowest BCUT2D eigenvalue weighted by Crippen LogP contribution is -2.42. The highest BCUT2D eigenvalue weighted by Gasteiger charge is 2.31. The van der Waals surface area contributed by atoms with Crippen molar-refractivity contribution in [2.45, 2.75) is 19.4 Å². The van der Waals surface area contributed by atoms with Gasteiger partial charge in [-0.2, -0.15) is 0 Å². The van der Waals surface area contributed by atoms with Gasteiger partial charge in [0.05, 0.1) is 24.9 Å². The first kappa shape index (κ1) is 18.9. The van der Waals surface area contributed by atoms with Crippen LogP contribution in [0, 0.1) is 5.82 Å². The molecular weight excluding hydrogens is 349 g/mol. The maximum atomic E-state index is 13.0. The molecule has 0 spiro atoms. The lowest BCUT2D eigenvalue weighted by Gasteiger charge is -2.25. The average Bonchev–Trinajstić information content (AvgIpc) is 2.58.